The molecule has 1 spiro atoms. The molecule has 0 aromatic rings. The molecule has 8 heteroatoms. The molecular formula is C27H37NO7. The number of hydrogen-bond donors (Lipinski definition) is 1. The minimum absolute atomic E-state index is 0.282. The molecule has 0 aromatic carbocycles. The third kappa shape index (κ3) is 5.70. The highest BCUT2D eigenvalue weighted by Gasteiger charge is 2.78. The zero-order valence-corrected chi connectivity index (χ0v) is 21.1. The van der Waals surface area contributed by atoms with Gasteiger partial charge in [-0.3, -0.25) is 4.79 Å². The Morgan fingerprint density at radius 3 is 2.51 bits per heavy atom. The van der Waals surface area contributed by atoms with Crippen LogP contribution in [-0.2, 0) is 33.3 Å². The first-order valence-corrected chi connectivity index (χ1v) is 12.9. The second kappa shape index (κ2) is 10.7. The molecule has 192 valence electrons. The zero-order chi connectivity index (χ0) is 25.2. The highest BCUT2D eigenvalue weighted by Crippen LogP contribution is 2.60. The van der Waals surface area contributed by atoms with Crippen molar-refractivity contribution in [1.82, 2.24) is 5.32 Å². The molecule has 3 saturated heterocycles. The van der Waals surface area contributed by atoms with Gasteiger partial charge in [-0.05, 0) is 31.8 Å². The Balaban J connectivity index is 1.29. The van der Waals surface area contributed by atoms with E-state index in [4.69, 9.17) is 18.9 Å². The van der Waals surface area contributed by atoms with E-state index in [2.05, 4.69) is 25.2 Å². The van der Waals surface area contributed by atoms with Crippen LogP contribution in [0, 0.1) is 5.92 Å². The first kappa shape index (κ1) is 25.6. The molecule has 4 aliphatic rings. The third-order valence-corrected chi connectivity index (χ3v) is 7.15. The van der Waals surface area contributed by atoms with Crippen LogP contribution >= 0.6 is 0 Å². The van der Waals surface area contributed by atoms with Gasteiger partial charge >= 0.3 is 11.9 Å². The van der Waals surface area contributed by atoms with Crippen molar-refractivity contribution in [1.29, 1.82) is 0 Å². The lowest BCUT2D eigenvalue weighted by Crippen LogP contribution is -2.47. The number of carbonyl (C=O) groups excluding carboxylic acids is 3. The lowest BCUT2D eigenvalue weighted by Gasteiger charge is -2.26. The summed E-state index contributed by atoms with van der Waals surface area (Å²) in [5, 5.41) is 2.77. The molecule has 1 N–H and O–H groups in total. The zero-order valence-electron chi connectivity index (χ0n) is 21.1. The fraction of sp³-hybridized carbons (Fsp3) is 0.667. The Kier molecular flexibility index (Phi) is 7.81. The summed E-state index contributed by atoms with van der Waals surface area (Å²) in [6, 6.07) is -0.765. The maximum atomic E-state index is 12.6. The number of nitrogens with one attached hydrogen (secondary N) is 1. The smallest absolute Gasteiger partial charge is 0.330 e. The molecule has 6 atom stereocenters. The minimum Gasteiger partial charge on any atom is -0.463 e. The monoisotopic (exact) mass is 487 g/mol. The highest BCUT2D eigenvalue weighted by molar-refractivity contribution is 5.92. The number of hydrogen-bond acceptors (Lipinski definition) is 7. The van der Waals surface area contributed by atoms with Crippen LogP contribution in [0.25, 0.3) is 0 Å². The quantitative estimate of drug-likeness (QED) is 0.157. The van der Waals surface area contributed by atoms with Crippen molar-refractivity contribution in [2.75, 3.05) is 6.61 Å². The van der Waals surface area contributed by atoms with Gasteiger partial charge in [-0.25, -0.2) is 9.59 Å². The minimum atomic E-state index is -0.927. The lowest BCUT2D eigenvalue weighted by molar-refractivity contribution is -0.153. The number of carbonyl (C=O) groups is 3. The Morgan fingerprint density at radius 1 is 1.14 bits per heavy atom. The van der Waals surface area contributed by atoms with E-state index in [0.717, 1.165) is 17.6 Å². The summed E-state index contributed by atoms with van der Waals surface area (Å²) >= 11 is 0. The predicted molar refractivity (Wildman–Crippen MR) is 128 cm³/mol. The molecule has 4 fully saturated rings. The predicted octanol–water partition coefficient (Wildman–Crippen LogP) is 3.30. The van der Waals surface area contributed by atoms with Crippen LogP contribution in [0.4, 0.5) is 0 Å². The molecule has 1 aliphatic carbocycles. The summed E-state index contributed by atoms with van der Waals surface area (Å²) in [6.45, 7) is 8.41. The second-order valence-electron chi connectivity index (χ2n) is 10.1. The lowest BCUT2D eigenvalue weighted by atomic mass is 9.79. The maximum absolute atomic E-state index is 12.6. The average Bonchev–Trinajstić information content (AvgIpc) is 3.72. The van der Waals surface area contributed by atoms with E-state index in [1.807, 2.05) is 6.92 Å². The van der Waals surface area contributed by atoms with Gasteiger partial charge in [-0.1, -0.05) is 57.3 Å². The van der Waals surface area contributed by atoms with Gasteiger partial charge in [0.15, 0.2) is 5.60 Å². The molecule has 6 unspecified atom stereocenters. The van der Waals surface area contributed by atoms with Gasteiger partial charge in [0, 0.05) is 18.6 Å². The molecule has 3 heterocycles. The largest absolute Gasteiger partial charge is 0.463 e. The van der Waals surface area contributed by atoms with Crippen molar-refractivity contribution >= 4 is 17.8 Å². The van der Waals surface area contributed by atoms with Crippen molar-refractivity contribution in [2.24, 2.45) is 5.92 Å². The Morgan fingerprint density at radius 2 is 1.86 bits per heavy atom. The van der Waals surface area contributed by atoms with Gasteiger partial charge in [0.25, 0.3) is 0 Å². The van der Waals surface area contributed by atoms with Crippen LogP contribution in [0.3, 0.4) is 0 Å². The van der Waals surface area contributed by atoms with Crippen molar-refractivity contribution < 1.29 is 33.3 Å². The molecule has 8 nitrogen and oxygen atoms in total. The van der Waals surface area contributed by atoms with E-state index in [-0.39, 0.29) is 43.4 Å². The van der Waals surface area contributed by atoms with Gasteiger partial charge in [0.05, 0.1) is 6.61 Å². The number of rotatable bonds is 11. The first-order valence-electron chi connectivity index (χ1n) is 12.9. The van der Waals surface area contributed by atoms with E-state index in [1.54, 1.807) is 13.0 Å². The number of epoxide rings is 2. The molecule has 4 rings (SSSR count). The Labute approximate surface area is 207 Å². The van der Waals surface area contributed by atoms with Crippen molar-refractivity contribution in [2.45, 2.75) is 102 Å². The number of esters is 2. The van der Waals surface area contributed by atoms with Crippen LogP contribution in [-0.4, -0.2) is 60.5 Å². The van der Waals surface area contributed by atoms with E-state index in [0.29, 0.717) is 5.92 Å². The molecule has 35 heavy (non-hydrogen) atoms. The van der Waals surface area contributed by atoms with E-state index < -0.39 is 23.6 Å². The average molecular weight is 488 g/mol. The molecular weight excluding hydrogens is 450 g/mol. The summed E-state index contributed by atoms with van der Waals surface area (Å²) < 4.78 is 22.4. The van der Waals surface area contributed by atoms with Crippen LogP contribution in [0.1, 0.15) is 66.2 Å². The van der Waals surface area contributed by atoms with Crippen LogP contribution in [0.15, 0.2) is 35.5 Å². The number of allylic oxidation sites excluding steroid dienone is 3. The van der Waals surface area contributed by atoms with Crippen molar-refractivity contribution in [3.8, 4) is 0 Å². The van der Waals surface area contributed by atoms with Crippen LogP contribution < -0.4 is 5.32 Å². The Bertz CT molecular complexity index is 916. The summed E-state index contributed by atoms with van der Waals surface area (Å²) in [6.07, 6.45) is 11.8. The van der Waals surface area contributed by atoms with Crippen molar-refractivity contribution in [3.05, 3.63) is 35.5 Å². The summed E-state index contributed by atoms with van der Waals surface area (Å²) in [5.74, 6) is -0.803. The van der Waals surface area contributed by atoms with Crippen LogP contribution in [0.2, 0.25) is 0 Å². The standard InChI is InChI=1S/C27H37NO7/c1-5-7-8-9-10-16(3)13-17(4)11-12-20(29)28-19-15-27(35-26(19)31)24-22(33-24)18(23-25(27)34-23)14-21(30)32-6-2/h11-14,16,19,22-25H,5-10,15H2,1-4H3,(H,28,29)/b12-11+,17-13-,18-14?. The van der Waals surface area contributed by atoms with Gasteiger partial charge in [0.2, 0.25) is 5.91 Å². The summed E-state index contributed by atoms with van der Waals surface area (Å²) in [7, 11) is 0. The van der Waals surface area contributed by atoms with E-state index in [1.165, 1.54) is 37.8 Å². The molecule has 0 radical (unpaired) electrons. The SMILES string of the molecule is CCCCCCC(C)/C=C(C)\C=C\C(=O)NC1CC2(OC1=O)C1OC1C(=CC(=O)OCC)C1OC12. The fourth-order valence-corrected chi connectivity index (χ4v) is 5.35. The van der Waals surface area contributed by atoms with E-state index >= 15 is 0 Å². The maximum Gasteiger partial charge on any atom is 0.330 e. The third-order valence-electron chi connectivity index (χ3n) is 7.15. The van der Waals surface area contributed by atoms with Crippen molar-refractivity contribution in [3.63, 3.8) is 0 Å². The molecule has 1 saturated carbocycles. The molecule has 0 aromatic heterocycles. The fourth-order valence-electron chi connectivity index (χ4n) is 5.35. The normalized spacial score (nSPS) is 33.7. The molecule has 1 amide bonds. The Hall–Kier alpha value is -2.45. The number of unbranched alkanes of at least 4 members (excludes halogenated alkanes) is 3. The highest BCUT2D eigenvalue weighted by atomic mass is 16.7. The second-order valence-corrected chi connectivity index (χ2v) is 10.1. The number of ether oxygens (including phenoxy) is 4. The van der Waals surface area contributed by atoms with Gasteiger partial charge in [-0.2, -0.15) is 0 Å². The summed E-state index contributed by atoms with van der Waals surface area (Å²) in [5.41, 5.74) is 0.825. The topological polar surface area (TPSA) is 107 Å². The number of fused-ring (bicyclic) bond motifs is 4. The molecule has 0 bridgehead atoms. The van der Waals surface area contributed by atoms with Crippen LogP contribution in [0.5, 0.6) is 0 Å². The van der Waals surface area contributed by atoms with Gasteiger partial charge in [0.1, 0.15) is 30.5 Å². The van der Waals surface area contributed by atoms with Gasteiger partial charge in [-0.15, -0.1) is 0 Å². The summed E-state index contributed by atoms with van der Waals surface area (Å²) in [4.78, 5) is 37.0. The van der Waals surface area contributed by atoms with E-state index in [9.17, 15) is 14.4 Å². The van der Waals surface area contributed by atoms with Gasteiger partial charge < -0.3 is 24.3 Å². The first-order chi connectivity index (χ1) is 16.8. The molecule has 3 aliphatic heterocycles. The number of amides is 1.